The van der Waals surface area contributed by atoms with Crippen LogP contribution in [0.2, 0.25) is 0 Å². The third-order valence-electron chi connectivity index (χ3n) is 4.81. The number of amides is 1. The largest absolute Gasteiger partial charge is 0.467 e. The third kappa shape index (κ3) is 3.10. The lowest BCUT2D eigenvalue weighted by Crippen LogP contribution is -2.48. The van der Waals surface area contributed by atoms with Crippen LogP contribution in [0.5, 0.6) is 0 Å². The predicted octanol–water partition coefficient (Wildman–Crippen LogP) is 3.37. The maximum absolute atomic E-state index is 14.1. The zero-order valence-corrected chi connectivity index (χ0v) is 15.5. The highest BCUT2D eigenvalue weighted by atomic mass is 32.1. The number of methoxy groups -OCH3 is 1. The molecule has 6 nitrogen and oxygen atoms in total. The minimum absolute atomic E-state index is 0.242. The zero-order chi connectivity index (χ0) is 19.0. The minimum Gasteiger partial charge on any atom is -0.467 e. The van der Waals surface area contributed by atoms with Gasteiger partial charge in [-0.2, -0.15) is 0 Å². The van der Waals surface area contributed by atoms with Crippen molar-refractivity contribution < 1.29 is 18.7 Å². The van der Waals surface area contributed by atoms with Crippen LogP contribution in [-0.2, 0) is 9.53 Å². The molecule has 140 valence electrons. The summed E-state index contributed by atoms with van der Waals surface area (Å²) in [4.78, 5) is 31.8. The number of fused-ring (bicyclic) bond motifs is 1. The summed E-state index contributed by atoms with van der Waals surface area (Å²) in [7, 11) is 1.33. The molecule has 8 heteroatoms. The number of thiazole rings is 1. The molecule has 1 unspecified atom stereocenters. The maximum Gasteiger partial charge on any atom is 0.328 e. The van der Waals surface area contributed by atoms with E-state index in [4.69, 9.17) is 4.74 Å². The smallest absolute Gasteiger partial charge is 0.328 e. The summed E-state index contributed by atoms with van der Waals surface area (Å²) in [5.74, 6) is -1.00. The van der Waals surface area contributed by atoms with Gasteiger partial charge in [-0.15, -0.1) is 11.3 Å². The van der Waals surface area contributed by atoms with Gasteiger partial charge in [-0.3, -0.25) is 9.20 Å². The molecule has 1 fully saturated rings. The molecule has 4 rings (SSSR count). The first-order valence-electron chi connectivity index (χ1n) is 8.70. The quantitative estimate of drug-likeness (QED) is 0.647. The van der Waals surface area contributed by atoms with Crippen LogP contribution in [0.25, 0.3) is 16.2 Å². The fourth-order valence-electron chi connectivity index (χ4n) is 3.44. The van der Waals surface area contributed by atoms with Gasteiger partial charge in [-0.25, -0.2) is 14.2 Å². The fourth-order valence-corrected chi connectivity index (χ4v) is 4.29. The van der Waals surface area contributed by atoms with Crippen molar-refractivity contribution in [1.82, 2.24) is 14.3 Å². The molecule has 1 atom stereocenters. The summed E-state index contributed by atoms with van der Waals surface area (Å²) >= 11 is 1.31. The van der Waals surface area contributed by atoms with Gasteiger partial charge in [0.25, 0.3) is 5.91 Å². The standard InChI is InChI=1S/C19H18FN3O3S/c1-26-18(25)15-8-4-5-9-22(15)17(24)16-11-27-19-21-14(10-23(16)19)12-6-2-3-7-13(12)20/h2-3,6-7,10-11,15H,4-5,8-9H2,1H3. The van der Waals surface area contributed by atoms with Gasteiger partial charge in [0, 0.05) is 23.7 Å². The number of carbonyl (C=O) groups excluding carboxylic acids is 2. The highest BCUT2D eigenvalue weighted by Crippen LogP contribution is 2.27. The average molecular weight is 387 g/mol. The molecule has 2 aromatic heterocycles. The van der Waals surface area contributed by atoms with Gasteiger partial charge < -0.3 is 9.64 Å². The van der Waals surface area contributed by atoms with Gasteiger partial charge in [0.2, 0.25) is 0 Å². The van der Waals surface area contributed by atoms with Crippen molar-refractivity contribution in [3.05, 3.63) is 47.4 Å². The number of aromatic nitrogens is 2. The first kappa shape index (κ1) is 17.7. The maximum atomic E-state index is 14.1. The SMILES string of the molecule is COC(=O)C1CCCCN1C(=O)c1csc2nc(-c3ccccc3F)cn12. The van der Waals surface area contributed by atoms with Crippen LogP contribution >= 0.6 is 11.3 Å². The summed E-state index contributed by atoms with van der Waals surface area (Å²) in [5, 5.41) is 1.72. The second-order valence-electron chi connectivity index (χ2n) is 6.41. The van der Waals surface area contributed by atoms with Crippen LogP contribution in [0.15, 0.2) is 35.8 Å². The van der Waals surface area contributed by atoms with E-state index in [-0.39, 0.29) is 11.7 Å². The lowest BCUT2D eigenvalue weighted by atomic mass is 10.0. The Kier molecular flexibility index (Phi) is 4.65. The Morgan fingerprint density at radius 1 is 1.30 bits per heavy atom. The first-order chi connectivity index (χ1) is 13.1. The number of esters is 1. The molecule has 0 saturated carbocycles. The minimum atomic E-state index is -0.569. The van der Waals surface area contributed by atoms with E-state index in [1.165, 1.54) is 24.5 Å². The molecule has 0 N–H and O–H groups in total. The van der Waals surface area contributed by atoms with E-state index in [9.17, 15) is 14.0 Å². The summed E-state index contributed by atoms with van der Waals surface area (Å²) < 4.78 is 20.6. The van der Waals surface area contributed by atoms with Crippen molar-refractivity contribution in [2.75, 3.05) is 13.7 Å². The van der Waals surface area contributed by atoms with Gasteiger partial charge in [0.15, 0.2) is 4.96 Å². The number of benzene rings is 1. The van der Waals surface area contributed by atoms with Gasteiger partial charge in [-0.05, 0) is 31.4 Å². The van der Waals surface area contributed by atoms with Gasteiger partial charge >= 0.3 is 5.97 Å². The number of hydrogen-bond acceptors (Lipinski definition) is 5. The van der Waals surface area contributed by atoms with Crippen molar-refractivity contribution in [2.45, 2.75) is 25.3 Å². The molecule has 27 heavy (non-hydrogen) atoms. The number of nitrogens with zero attached hydrogens (tertiary/aromatic N) is 3. The number of halogens is 1. The lowest BCUT2D eigenvalue weighted by molar-refractivity contribution is -0.147. The summed E-state index contributed by atoms with van der Waals surface area (Å²) in [5.41, 5.74) is 1.27. The van der Waals surface area contributed by atoms with Crippen molar-refractivity contribution >= 4 is 28.2 Å². The number of piperidine rings is 1. The Hall–Kier alpha value is -2.74. The van der Waals surface area contributed by atoms with E-state index in [0.717, 1.165) is 12.8 Å². The molecule has 0 aliphatic carbocycles. The Bertz CT molecular complexity index is 1010. The number of ether oxygens (including phenoxy) is 1. The van der Waals surface area contributed by atoms with E-state index in [2.05, 4.69) is 4.98 Å². The Morgan fingerprint density at radius 3 is 2.89 bits per heavy atom. The lowest BCUT2D eigenvalue weighted by Gasteiger charge is -2.33. The molecule has 1 aliphatic heterocycles. The average Bonchev–Trinajstić information content (AvgIpc) is 3.28. The molecular formula is C19H18FN3O3S. The van der Waals surface area contributed by atoms with Gasteiger partial charge in [0.1, 0.15) is 17.6 Å². The van der Waals surface area contributed by atoms with Crippen LogP contribution in [0, 0.1) is 5.82 Å². The monoisotopic (exact) mass is 387 g/mol. The molecule has 0 bridgehead atoms. The summed E-state index contributed by atoms with van der Waals surface area (Å²) in [6.45, 7) is 0.505. The van der Waals surface area contributed by atoms with Crippen molar-refractivity contribution in [3.63, 3.8) is 0 Å². The zero-order valence-electron chi connectivity index (χ0n) is 14.7. The van der Waals surface area contributed by atoms with E-state index in [1.807, 2.05) is 0 Å². The summed E-state index contributed by atoms with van der Waals surface area (Å²) in [6.07, 6.45) is 3.98. The number of hydrogen-bond donors (Lipinski definition) is 0. The van der Waals surface area contributed by atoms with Gasteiger partial charge in [-0.1, -0.05) is 12.1 Å². The molecule has 0 spiro atoms. The molecule has 1 amide bonds. The van der Waals surface area contributed by atoms with E-state index in [0.29, 0.717) is 34.9 Å². The van der Waals surface area contributed by atoms with E-state index >= 15 is 0 Å². The molecule has 1 aliphatic rings. The van der Waals surface area contributed by atoms with E-state index in [1.54, 1.807) is 39.1 Å². The molecule has 1 saturated heterocycles. The second-order valence-corrected chi connectivity index (χ2v) is 7.25. The molecule has 1 aromatic carbocycles. The number of rotatable bonds is 3. The number of imidazole rings is 1. The second kappa shape index (κ2) is 7.11. The van der Waals surface area contributed by atoms with Crippen LogP contribution in [0.1, 0.15) is 29.8 Å². The van der Waals surface area contributed by atoms with Crippen LogP contribution < -0.4 is 0 Å². The van der Waals surface area contributed by atoms with E-state index < -0.39 is 12.0 Å². The Morgan fingerprint density at radius 2 is 2.11 bits per heavy atom. The van der Waals surface area contributed by atoms with Crippen LogP contribution in [0.4, 0.5) is 4.39 Å². The molecule has 3 aromatic rings. The van der Waals surface area contributed by atoms with Crippen molar-refractivity contribution in [3.8, 4) is 11.3 Å². The molecule has 3 heterocycles. The predicted molar refractivity (Wildman–Crippen MR) is 99.2 cm³/mol. The summed E-state index contributed by atoms with van der Waals surface area (Å²) in [6, 6.07) is 5.83. The fraction of sp³-hybridized carbons (Fsp3) is 0.316. The highest BCUT2D eigenvalue weighted by molar-refractivity contribution is 7.15. The Labute approximate surface area is 159 Å². The number of carbonyl (C=O) groups is 2. The first-order valence-corrected chi connectivity index (χ1v) is 9.58. The van der Waals surface area contributed by atoms with Crippen LogP contribution in [0.3, 0.4) is 0 Å². The molecular weight excluding hydrogens is 369 g/mol. The Balaban J connectivity index is 1.70. The van der Waals surface area contributed by atoms with Gasteiger partial charge in [0.05, 0.1) is 12.8 Å². The van der Waals surface area contributed by atoms with Crippen molar-refractivity contribution in [1.29, 1.82) is 0 Å². The third-order valence-corrected chi connectivity index (χ3v) is 5.65. The van der Waals surface area contributed by atoms with Crippen LogP contribution in [-0.4, -0.2) is 45.9 Å². The van der Waals surface area contributed by atoms with Crippen molar-refractivity contribution in [2.24, 2.45) is 0 Å². The normalized spacial score (nSPS) is 17.3. The topological polar surface area (TPSA) is 63.9 Å². The molecule has 0 radical (unpaired) electrons. The number of likely N-dealkylation sites (tertiary alicyclic amines) is 1. The highest BCUT2D eigenvalue weighted by Gasteiger charge is 2.34.